The van der Waals surface area contributed by atoms with Crippen molar-refractivity contribution in [2.75, 3.05) is 4.90 Å². The monoisotopic (exact) mass is 280 g/mol. The molecule has 0 fully saturated rings. The van der Waals surface area contributed by atoms with E-state index in [1.54, 1.807) is 4.90 Å². The minimum atomic E-state index is -0.931. The number of anilines is 1. The van der Waals surface area contributed by atoms with Crippen molar-refractivity contribution in [3.63, 3.8) is 0 Å². The fourth-order valence-corrected chi connectivity index (χ4v) is 2.59. The Labute approximate surface area is 121 Å². The highest BCUT2D eigenvalue weighted by atomic mass is 16.4. The number of nitriles is 1. The zero-order chi connectivity index (χ0) is 14.8. The lowest BCUT2D eigenvalue weighted by atomic mass is 9.94. The van der Waals surface area contributed by atoms with Crippen LogP contribution in [-0.4, -0.2) is 27.1 Å². The average molecular weight is 280 g/mol. The van der Waals surface area contributed by atoms with Gasteiger partial charge in [0.15, 0.2) is 11.5 Å². The van der Waals surface area contributed by atoms with Crippen LogP contribution in [0, 0.1) is 11.3 Å². The van der Waals surface area contributed by atoms with Crippen LogP contribution in [0.3, 0.4) is 0 Å². The molecule has 0 spiro atoms. The molecule has 0 amide bonds. The number of rotatable bonds is 2. The second-order valence-corrected chi connectivity index (χ2v) is 4.80. The van der Waals surface area contributed by atoms with Gasteiger partial charge in [-0.15, -0.1) is 0 Å². The molecule has 0 saturated heterocycles. The van der Waals surface area contributed by atoms with Gasteiger partial charge in [0.05, 0.1) is 0 Å². The number of carbonyl (C=O) groups is 1. The lowest BCUT2D eigenvalue weighted by Gasteiger charge is -2.35. The van der Waals surface area contributed by atoms with E-state index in [9.17, 15) is 9.90 Å². The Hall–Kier alpha value is -2.94. The van der Waals surface area contributed by atoms with Gasteiger partial charge in [-0.05, 0) is 11.1 Å². The van der Waals surface area contributed by atoms with Gasteiger partial charge in [0.1, 0.15) is 12.1 Å². The minimum absolute atomic E-state index is 0.142. The number of aliphatic carboxylic acids is 1. The summed E-state index contributed by atoms with van der Waals surface area (Å²) in [7, 11) is 0. The van der Waals surface area contributed by atoms with Crippen LogP contribution in [0.2, 0.25) is 0 Å². The molecule has 6 nitrogen and oxygen atoms in total. The lowest BCUT2D eigenvalue weighted by Crippen LogP contribution is -2.46. The SMILES string of the molecule is N#Cc1nccnc1N1Cc2ccccc2CC1C(=O)O. The van der Waals surface area contributed by atoms with Crippen molar-refractivity contribution in [1.29, 1.82) is 5.26 Å². The fraction of sp³-hybridized carbons (Fsp3) is 0.200. The molecule has 1 unspecified atom stereocenters. The zero-order valence-electron chi connectivity index (χ0n) is 11.1. The highest BCUT2D eigenvalue weighted by molar-refractivity contribution is 5.79. The first-order chi connectivity index (χ1) is 10.2. The number of nitrogens with zero attached hydrogens (tertiary/aromatic N) is 4. The van der Waals surface area contributed by atoms with Gasteiger partial charge in [-0.3, -0.25) is 0 Å². The number of carboxylic acid groups (broad SMARTS) is 1. The predicted molar refractivity (Wildman–Crippen MR) is 74.5 cm³/mol. The van der Waals surface area contributed by atoms with Gasteiger partial charge in [-0.25, -0.2) is 14.8 Å². The van der Waals surface area contributed by atoms with Crippen molar-refractivity contribution >= 4 is 11.8 Å². The molecule has 2 heterocycles. The van der Waals surface area contributed by atoms with Crippen LogP contribution in [0.4, 0.5) is 5.82 Å². The van der Waals surface area contributed by atoms with Crippen molar-refractivity contribution in [3.05, 3.63) is 53.5 Å². The Morgan fingerprint density at radius 1 is 1.29 bits per heavy atom. The summed E-state index contributed by atoms with van der Waals surface area (Å²) < 4.78 is 0. The molecule has 21 heavy (non-hydrogen) atoms. The smallest absolute Gasteiger partial charge is 0.326 e. The van der Waals surface area contributed by atoms with Crippen LogP contribution < -0.4 is 4.90 Å². The van der Waals surface area contributed by atoms with E-state index in [1.165, 1.54) is 12.4 Å². The molecule has 0 aliphatic carbocycles. The minimum Gasteiger partial charge on any atom is -0.480 e. The number of carboxylic acids is 1. The van der Waals surface area contributed by atoms with Crippen LogP contribution in [0.1, 0.15) is 16.8 Å². The highest BCUT2D eigenvalue weighted by Gasteiger charge is 2.33. The molecule has 1 aliphatic rings. The van der Waals surface area contributed by atoms with Crippen molar-refractivity contribution in [3.8, 4) is 6.07 Å². The van der Waals surface area contributed by atoms with Crippen molar-refractivity contribution < 1.29 is 9.90 Å². The average Bonchev–Trinajstić information content (AvgIpc) is 2.53. The highest BCUT2D eigenvalue weighted by Crippen LogP contribution is 2.28. The van der Waals surface area contributed by atoms with E-state index in [0.29, 0.717) is 18.8 Å². The molecule has 6 heteroatoms. The maximum absolute atomic E-state index is 11.6. The van der Waals surface area contributed by atoms with E-state index in [2.05, 4.69) is 9.97 Å². The molecule has 0 radical (unpaired) electrons. The number of aromatic nitrogens is 2. The Bertz CT molecular complexity index is 738. The normalized spacial score (nSPS) is 16.9. The zero-order valence-corrected chi connectivity index (χ0v) is 11.1. The van der Waals surface area contributed by atoms with Crippen molar-refractivity contribution in [1.82, 2.24) is 9.97 Å². The Kier molecular flexibility index (Phi) is 3.24. The van der Waals surface area contributed by atoms with Crippen LogP contribution in [-0.2, 0) is 17.8 Å². The molecule has 1 aromatic carbocycles. The third-order valence-corrected chi connectivity index (χ3v) is 3.59. The summed E-state index contributed by atoms with van der Waals surface area (Å²) in [5, 5.41) is 18.6. The second-order valence-electron chi connectivity index (χ2n) is 4.80. The molecular formula is C15H12N4O2. The van der Waals surface area contributed by atoms with Crippen LogP contribution >= 0.6 is 0 Å². The molecule has 1 atom stereocenters. The summed E-state index contributed by atoms with van der Waals surface area (Å²) in [6.07, 6.45) is 3.28. The first-order valence-corrected chi connectivity index (χ1v) is 6.48. The van der Waals surface area contributed by atoms with E-state index < -0.39 is 12.0 Å². The van der Waals surface area contributed by atoms with E-state index >= 15 is 0 Å². The lowest BCUT2D eigenvalue weighted by molar-refractivity contribution is -0.138. The fourth-order valence-electron chi connectivity index (χ4n) is 2.59. The molecule has 2 aromatic rings. The van der Waals surface area contributed by atoms with Gasteiger partial charge in [-0.1, -0.05) is 24.3 Å². The third-order valence-electron chi connectivity index (χ3n) is 3.59. The Balaban J connectivity index is 2.08. The van der Waals surface area contributed by atoms with Crippen molar-refractivity contribution in [2.24, 2.45) is 0 Å². The predicted octanol–water partition coefficient (Wildman–Crippen LogP) is 1.36. The van der Waals surface area contributed by atoms with Crippen LogP contribution in [0.5, 0.6) is 0 Å². The molecule has 1 aromatic heterocycles. The largest absolute Gasteiger partial charge is 0.480 e. The summed E-state index contributed by atoms with van der Waals surface area (Å²) in [5.74, 6) is -0.610. The Morgan fingerprint density at radius 3 is 2.71 bits per heavy atom. The maximum Gasteiger partial charge on any atom is 0.326 e. The molecule has 104 valence electrons. The summed E-state index contributed by atoms with van der Waals surface area (Å²) in [6.45, 7) is 0.403. The number of fused-ring (bicyclic) bond motifs is 1. The molecule has 1 aliphatic heterocycles. The second kappa shape index (κ2) is 5.21. The summed E-state index contributed by atoms with van der Waals surface area (Å²) in [6, 6.07) is 8.93. The quantitative estimate of drug-likeness (QED) is 0.893. The third kappa shape index (κ3) is 2.30. The van der Waals surface area contributed by atoms with Gasteiger partial charge in [0, 0.05) is 25.4 Å². The van der Waals surface area contributed by atoms with Gasteiger partial charge < -0.3 is 10.0 Å². The van der Waals surface area contributed by atoms with Crippen LogP contribution in [0.15, 0.2) is 36.7 Å². The molecule has 3 rings (SSSR count). The van der Waals surface area contributed by atoms with E-state index in [1.807, 2.05) is 30.3 Å². The van der Waals surface area contributed by atoms with E-state index in [-0.39, 0.29) is 5.69 Å². The first-order valence-electron chi connectivity index (χ1n) is 6.48. The number of benzene rings is 1. The molecule has 0 saturated carbocycles. The van der Waals surface area contributed by atoms with Gasteiger partial charge in [-0.2, -0.15) is 5.26 Å². The molecule has 1 N–H and O–H groups in total. The summed E-state index contributed by atoms with van der Waals surface area (Å²) >= 11 is 0. The summed E-state index contributed by atoms with van der Waals surface area (Å²) in [4.78, 5) is 21.3. The standard InChI is InChI=1S/C15H12N4O2/c16-8-12-14(18-6-5-17-12)19-9-11-4-2-1-3-10(11)7-13(19)15(20)21/h1-6,13H,7,9H2,(H,20,21). The van der Waals surface area contributed by atoms with E-state index in [0.717, 1.165) is 11.1 Å². The topological polar surface area (TPSA) is 90.1 Å². The number of hydrogen-bond donors (Lipinski definition) is 1. The van der Waals surface area contributed by atoms with Crippen LogP contribution in [0.25, 0.3) is 0 Å². The first kappa shape index (κ1) is 13.1. The molecule has 0 bridgehead atoms. The van der Waals surface area contributed by atoms with Gasteiger partial charge >= 0.3 is 5.97 Å². The van der Waals surface area contributed by atoms with E-state index in [4.69, 9.17) is 5.26 Å². The summed E-state index contributed by atoms with van der Waals surface area (Å²) in [5.41, 5.74) is 2.20. The van der Waals surface area contributed by atoms with Gasteiger partial charge in [0.25, 0.3) is 0 Å². The Morgan fingerprint density at radius 2 is 2.00 bits per heavy atom. The van der Waals surface area contributed by atoms with Gasteiger partial charge in [0.2, 0.25) is 0 Å². The maximum atomic E-state index is 11.6. The number of hydrogen-bond acceptors (Lipinski definition) is 5. The molecular weight excluding hydrogens is 268 g/mol. The van der Waals surface area contributed by atoms with Crippen molar-refractivity contribution in [2.45, 2.75) is 19.0 Å².